The molecule has 0 radical (unpaired) electrons. The van der Waals surface area contributed by atoms with Crippen molar-refractivity contribution in [3.63, 3.8) is 0 Å². The molecule has 1 unspecified atom stereocenters. The lowest BCUT2D eigenvalue weighted by atomic mass is 10.0. The number of nitrogens with zero attached hydrogens (tertiary/aromatic N) is 3. The molecule has 6 nitrogen and oxygen atoms in total. The highest BCUT2D eigenvalue weighted by Gasteiger charge is 2.31. The molecule has 1 aromatic heterocycles. The van der Waals surface area contributed by atoms with E-state index in [9.17, 15) is 9.18 Å². The molecule has 2 aliphatic rings. The highest BCUT2D eigenvalue weighted by molar-refractivity contribution is 6.36. The minimum absolute atomic E-state index is 0.0110. The maximum Gasteiger partial charge on any atom is 0.254 e. The number of hydrogen-bond donors (Lipinski definition) is 1. The van der Waals surface area contributed by atoms with Crippen LogP contribution in [0.1, 0.15) is 41.6 Å². The summed E-state index contributed by atoms with van der Waals surface area (Å²) in [6.45, 7) is 4.20. The van der Waals surface area contributed by atoms with E-state index >= 15 is 0 Å². The number of benzene rings is 2. The minimum Gasteiger partial charge on any atom is -0.489 e. The zero-order valence-corrected chi connectivity index (χ0v) is 22.6. The van der Waals surface area contributed by atoms with Crippen LogP contribution in [0, 0.1) is 5.82 Å². The van der Waals surface area contributed by atoms with E-state index in [1.807, 2.05) is 29.2 Å². The third-order valence-corrected chi connectivity index (χ3v) is 8.14. The number of anilines is 1. The van der Waals surface area contributed by atoms with Gasteiger partial charge in [0.1, 0.15) is 5.82 Å². The van der Waals surface area contributed by atoms with Crippen molar-refractivity contribution in [3.8, 4) is 16.9 Å². The highest BCUT2D eigenvalue weighted by atomic mass is 35.5. The first-order chi connectivity index (χ1) is 18.4. The first-order valence-electron chi connectivity index (χ1n) is 13.0. The van der Waals surface area contributed by atoms with Crippen molar-refractivity contribution >= 4 is 34.9 Å². The van der Waals surface area contributed by atoms with Crippen molar-refractivity contribution in [3.05, 3.63) is 75.7 Å². The van der Waals surface area contributed by atoms with Crippen LogP contribution in [-0.4, -0.2) is 59.5 Å². The van der Waals surface area contributed by atoms with Gasteiger partial charge >= 0.3 is 0 Å². The zero-order chi connectivity index (χ0) is 26.6. The number of ether oxygens (including phenoxy) is 1. The van der Waals surface area contributed by atoms with Crippen LogP contribution < -0.4 is 10.5 Å². The molecule has 2 aromatic carbocycles. The van der Waals surface area contributed by atoms with Crippen LogP contribution in [0.4, 0.5) is 10.2 Å². The summed E-state index contributed by atoms with van der Waals surface area (Å²) in [5.41, 5.74) is 8.82. The smallest absolute Gasteiger partial charge is 0.254 e. The molecule has 0 spiro atoms. The van der Waals surface area contributed by atoms with Gasteiger partial charge in [-0.05, 0) is 80.2 Å². The van der Waals surface area contributed by atoms with Crippen LogP contribution >= 0.6 is 23.2 Å². The summed E-state index contributed by atoms with van der Waals surface area (Å²) in [5.74, 6) is 0.171. The molecule has 0 saturated carbocycles. The maximum atomic E-state index is 13.8. The molecule has 5 rings (SSSR count). The lowest BCUT2D eigenvalue weighted by Gasteiger charge is -2.28. The monoisotopic (exact) mass is 556 g/mol. The number of carbonyl (C=O) groups excluding carboxylic acids is 1. The summed E-state index contributed by atoms with van der Waals surface area (Å²) in [4.78, 5) is 22.3. The number of amides is 1. The predicted octanol–water partition coefficient (Wildman–Crippen LogP) is 6.10. The van der Waals surface area contributed by atoms with Crippen LogP contribution in [0.5, 0.6) is 5.75 Å². The zero-order valence-electron chi connectivity index (χ0n) is 21.1. The van der Waals surface area contributed by atoms with E-state index in [-0.39, 0.29) is 29.4 Å². The Labute approximate surface area is 232 Å². The van der Waals surface area contributed by atoms with Gasteiger partial charge in [0.25, 0.3) is 5.91 Å². The molecule has 2 fully saturated rings. The van der Waals surface area contributed by atoms with Gasteiger partial charge in [-0.2, -0.15) is 0 Å². The minimum atomic E-state index is -0.528. The van der Waals surface area contributed by atoms with Crippen LogP contribution in [0.2, 0.25) is 10.0 Å². The number of nitrogens with two attached hydrogens (primary N) is 1. The van der Waals surface area contributed by atoms with Gasteiger partial charge in [0, 0.05) is 47.9 Å². The van der Waals surface area contributed by atoms with Crippen molar-refractivity contribution in [2.75, 3.05) is 38.5 Å². The number of pyridine rings is 1. The Bertz CT molecular complexity index is 1320. The Hall–Kier alpha value is -2.87. The van der Waals surface area contributed by atoms with Crippen LogP contribution in [-0.2, 0) is 6.42 Å². The Kier molecular flexibility index (Phi) is 8.36. The van der Waals surface area contributed by atoms with Gasteiger partial charge in [-0.15, -0.1) is 0 Å². The second-order valence-corrected chi connectivity index (χ2v) is 10.7. The predicted molar refractivity (Wildman–Crippen MR) is 149 cm³/mol. The number of likely N-dealkylation sites (tertiary alicyclic amines) is 2. The number of nitrogen functional groups attached to an aromatic ring is 1. The quantitative estimate of drug-likeness (QED) is 0.339. The molecule has 1 amide bonds. The SMILES string of the molecule is Nc1ncc(-c2cccc(C(=O)N3CCCC3CN3CCCC3)c2)cc1OCCc1c(Cl)ccc(F)c1Cl. The molecule has 3 aromatic rings. The topological polar surface area (TPSA) is 71.7 Å². The molecule has 0 aliphatic carbocycles. The lowest BCUT2D eigenvalue weighted by molar-refractivity contribution is 0.0709. The molecule has 2 aliphatic heterocycles. The molecule has 3 heterocycles. The molecular weight excluding hydrogens is 526 g/mol. The number of rotatable bonds is 8. The van der Waals surface area contributed by atoms with Crippen molar-refractivity contribution < 1.29 is 13.9 Å². The molecule has 2 saturated heterocycles. The number of hydrogen-bond acceptors (Lipinski definition) is 5. The number of halogens is 3. The van der Waals surface area contributed by atoms with Gasteiger partial charge in [0.05, 0.1) is 11.6 Å². The van der Waals surface area contributed by atoms with E-state index < -0.39 is 5.82 Å². The van der Waals surface area contributed by atoms with Gasteiger partial charge in [-0.1, -0.05) is 35.3 Å². The summed E-state index contributed by atoms with van der Waals surface area (Å²) in [5, 5.41) is 0.366. The number of carbonyl (C=O) groups is 1. The molecule has 200 valence electrons. The van der Waals surface area contributed by atoms with Crippen LogP contribution in [0.15, 0.2) is 48.7 Å². The molecule has 1 atom stereocenters. The Morgan fingerprint density at radius 2 is 1.89 bits per heavy atom. The average molecular weight is 557 g/mol. The first-order valence-corrected chi connectivity index (χ1v) is 13.8. The molecular formula is C29H31Cl2FN4O2. The normalized spacial score (nSPS) is 17.8. The van der Waals surface area contributed by atoms with Gasteiger partial charge in [0.15, 0.2) is 11.6 Å². The Morgan fingerprint density at radius 3 is 2.71 bits per heavy atom. The van der Waals surface area contributed by atoms with Crippen molar-refractivity contribution in [1.29, 1.82) is 0 Å². The summed E-state index contributed by atoms with van der Waals surface area (Å²) in [7, 11) is 0. The third kappa shape index (κ3) is 5.90. The summed E-state index contributed by atoms with van der Waals surface area (Å²) < 4.78 is 19.7. The van der Waals surface area contributed by atoms with Gasteiger partial charge in [-0.3, -0.25) is 4.79 Å². The Morgan fingerprint density at radius 1 is 1.08 bits per heavy atom. The molecule has 0 bridgehead atoms. The molecule has 2 N–H and O–H groups in total. The largest absolute Gasteiger partial charge is 0.489 e. The molecule has 9 heteroatoms. The summed E-state index contributed by atoms with van der Waals surface area (Å²) in [6.07, 6.45) is 6.55. The molecule has 38 heavy (non-hydrogen) atoms. The summed E-state index contributed by atoms with van der Waals surface area (Å²) in [6, 6.07) is 12.4. The van der Waals surface area contributed by atoms with Crippen molar-refractivity contribution in [2.45, 2.75) is 38.1 Å². The maximum absolute atomic E-state index is 13.8. The Balaban J connectivity index is 1.29. The van der Waals surface area contributed by atoms with E-state index in [4.69, 9.17) is 33.7 Å². The summed E-state index contributed by atoms with van der Waals surface area (Å²) >= 11 is 12.3. The van der Waals surface area contributed by atoms with E-state index in [2.05, 4.69) is 9.88 Å². The standard InChI is InChI=1S/C29H31Cl2FN4O2/c30-24-8-9-25(32)27(31)23(24)10-14-38-26-16-21(17-34-28(26)33)19-5-3-6-20(15-19)29(37)36-13-4-7-22(36)18-35-11-1-2-12-35/h3,5-6,8-9,15-17,22H,1-2,4,7,10-14,18H2,(H2,33,34). The van der Waals surface area contributed by atoms with Crippen LogP contribution in [0.25, 0.3) is 11.1 Å². The average Bonchev–Trinajstić information content (AvgIpc) is 3.62. The van der Waals surface area contributed by atoms with Gasteiger partial charge in [0.2, 0.25) is 0 Å². The number of aromatic nitrogens is 1. The first kappa shape index (κ1) is 26.7. The lowest BCUT2D eigenvalue weighted by Crippen LogP contribution is -2.42. The second-order valence-electron chi connectivity index (χ2n) is 9.91. The van der Waals surface area contributed by atoms with E-state index in [0.29, 0.717) is 28.3 Å². The van der Waals surface area contributed by atoms with Crippen molar-refractivity contribution in [1.82, 2.24) is 14.8 Å². The van der Waals surface area contributed by atoms with E-state index in [0.717, 1.165) is 50.1 Å². The van der Waals surface area contributed by atoms with Crippen molar-refractivity contribution in [2.24, 2.45) is 0 Å². The highest BCUT2D eigenvalue weighted by Crippen LogP contribution is 2.31. The van der Waals surface area contributed by atoms with Crippen LogP contribution in [0.3, 0.4) is 0 Å². The third-order valence-electron chi connectivity index (χ3n) is 7.38. The fourth-order valence-electron chi connectivity index (χ4n) is 5.34. The van der Waals surface area contributed by atoms with Gasteiger partial charge < -0.3 is 20.3 Å². The fraction of sp³-hybridized carbons (Fsp3) is 0.379. The van der Waals surface area contributed by atoms with Gasteiger partial charge in [-0.25, -0.2) is 9.37 Å². The fourth-order valence-corrected chi connectivity index (χ4v) is 5.90. The van der Waals surface area contributed by atoms with E-state index in [1.54, 1.807) is 12.3 Å². The van der Waals surface area contributed by atoms with E-state index in [1.165, 1.54) is 25.0 Å². The second kappa shape index (κ2) is 11.9.